The van der Waals surface area contributed by atoms with Crippen molar-refractivity contribution in [3.05, 3.63) is 28.0 Å². The molecule has 6 heteroatoms. The van der Waals surface area contributed by atoms with Crippen LogP contribution in [0.2, 0.25) is 0 Å². The molecule has 0 saturated heterocycles. The van der Waals surface area contributed by atoms with Crippen LogP contribution < -0.4 is 0 Å². The number of rotatable bonds is 1. The lowest BCUT2D eigenvalue weighted by atomic mass is 10.2. The molecular formula is C7H3BrF3NO. The highest BCUT2D eigenvalue weighted by Crippen LogP contribution is 2.28. The van der Waals surface area contributed by atoms with E-state index in [-0.39, 0.29) is 10.2 Å². The molecule has 0 radical (unpaired) electrons. The number of aromatic nitrogens is 1. The van der Waals surface area contributed by atoms with Crippen LogP contribution in [0.15, 0.2) is 16.7 Å². The van der Waals surface area contributed by atoms with Crippen molar-refractivity contribution in [3.8, 4) is 0 Å². The molecule has 2 nitrogen and oxygen atoms in total. The van der Waals surface area contributed by atoms with Crippen LogP contribution in [0, 0.1) is 0 Å². The number of alkyl halides is 3. The van der Waals surface area contributed by atoms with E-state index in [0.29, 0.717) is 6.29 Å². The SMILES string of the molecule is O=Cc1ccc(C(F)(F)F)nc1Br. The van der Waals surface area contributed by atoms with Crippen LogP contribution in [0.25, 0.3) is 0 Å². The van der Waals surface area contributed by atoms with Crippen LogP contribution in [-0.4, -0.2) is 11.3 Å². The molecule has 1 aromatic heterocycles. The normalized spacial score (nSPS) is 11.4. The maximum atomic E-state index is 12.0. The molecule has 13 heavy (non-hydrogen) atoms. The summed E-state index contributed by atoms with van der Waals surface area (Å²) in [6.45, 7) is 0. The van der Waals surface area contributed by atoms with Gasteiger partial charge in [0.1, 0.15) is 10.3 Å². The maximum Gasteiger partial charge on any atom is 0.433 e. The highest BCUT2D eigenvalue weighted by Gasteiger charge is 2.32. The molecule has 0 unspecified atom stereocenters. The summed E-state index contributed by atoms with van der Waals surface area (Å²) in [4.78, 5) is 13.4. The zero-order chi connectivity index (χ0) is 10.1. The van der Waals surface area contributed by atoms with E-state index in [2.05, 4.69) is 20.9 Å². The Morgan fingerprint density at radius 3 is 2.38 bits per heavy atom. The molecular weight excluding hydrogens is 251 g/mol. The third-order valence-corrected chi connectivity index (χ3v) is 1.93. The number of carbonyl (C=O) groups excluding carboxylic acids is 1. The second-order valence-corrected chi connectivity index (χ2v) is 2.94. The first-order valence-corrected chi connectivity index (χ1v) is 3.93. The molecule has 0 amide bonds. The average Bonchev–Trinajstić information content (AvgIpc) is 2.02. The summed E-state index contributed by atoms with van der Waals surface area (Å²) in [5.74, 6) is 0. The van der Waals surface area contributed by atoms with Crippen molar-refractivity contribution in [2.75, 3.05) is 0 Å². The summed E-state index contributed by atoms with van der Waals surface area (Å²) in [6.07, 6.45) is -4.05. The van der Waals surface area contributed by atoms with Crippen LogP contribution in [-0.2, 0) is 6.18 Å². The van der Waals surface area contributed by atoms with Crippen molar-refractivity contribution in [2.24, 2.45) is 0 Å². The molecule has 0 fully saturated rings. The summed E-state index contributed by atoms with van der Waals surface area (Å²) < 4.78 is 36.0. The Balaban J connectivity index is 3.17. The Morgan fingerprint density at radius 2 is 2.00 bits per heavy atom. The van der Waals surface area contributed by atoms with E-state index < -0.39 is 11.9 Å². The van der Waals surface area contributed by atoms with E-state index in [0.717, 1.165) is 12.1 Å². The topological polar surface area (TPSA) is 30.0 Å². The highest BCUT2D eigenvalue weighted by atomic mass is 79.9. The first kappa shape index (κ1) is 10.2. The number of hydrogen-bond acceptors (Lipinski definition) is 2. The molecule has 0 aromatic carbocycles. The van der Waals surface area contributed by atoms with Crippen LogP contribution >= 0.6 is 15.9 Å². The molecule has 70 valence electrons. The summed E-state index contributed by atoms with van der Waals surface area (Å²) in [5, 5.41) is 0. The fraction of sp³-hybridized carbons (Fsp3) is 0.143. The standard InChI is InChI=1S/C7H3BrF3NO/c8-6-4(3-13)1-2-5(12-6)7(9,10)11/h1-3H. The summed E-state index contributed by atoms with van der Waals surface area (Å²) >= 11 is 2.76. The second kappa shape index (κ2) is 3.45. The van der Waals surface area contributed by atoms with Gasteiger partial charge in [-0.25, -0.2) is 4.98 Å². The molecule has 1 aromatic rings. The third kappa shape index (κ3) is 2.27. The van der Waals surface area contributed by atoms with E-state index >= 15 is 0 Å². The van der Waals surface area contributed by atoms with E-state index in [1.165, 1.54) is 0 Å². The Kier molecular flexibility index (Phi) is 2.70. The summed E-state index contributed by atoms with van der Waals surface area (Å²) in [6, 6.07) is 1.82. The first-order valence-electron chi connectivity index (χ1n) is 3.14. The molecule has 0 saturated carbocycles. The first-order chi connectivity index (χ1) is 5.95. The maximum absolute atomic E-state index is 12.0. The number of carbonyl (C=O) groups is 1. The van der Waals surface area contributed by atoms with E-state index in [1.807, 2.05) is 0 Å². The van der Waals surface area contributed by atoms with E-state index in [9.17, 15) is 18.0 Å². The van der Waals surface area contributed by atoms with Gasteiger partial charge in [0.15, 0.2) is 6.29 Å². The summed E-state index contributed by atoms with van der Waals surface area (Å²) in [5.41, 5.74) is -0.932. The van der Waals surface area contributed by atoms with Crippen molar-refractivity contribution >= 4 is 22.2 Å². The van der Waals surface area contributed by atoms with Gasteiger partial charge in [0.2, 0.25) is 0 Å². The molecule has 0 aliphatic rings. The Morgan fingerprint density at radius 1 is 1.38 bits per heavy atom. The smallest absolute Gasteiger partial charge is 0.298 e. The lowest BCUT2D eigenvalue weighted by molar-refractivity contribution is -0.141. The fourth-order valence-corrected chi connectivity index (χ4v) is 1.11. The molecule has 0 spiro atoms. The van der Waals surface area contributed by atoms with Gasteiger partial charge in [0, 0.05) is 5.56 Å². The Labute approximate surface area is 79.9 Å². The molecule has 0 N–H and O–H groups in total. The van der Waals surface area contributed by atoms with Gasteiger partial charge in [-0.3, -0.25) is 4.79 Å². The van der Waals surface area contributed by atoms with Crippen molar-refractivity contribution < 1.29 is 18.0 Å². The number of aldehydes is 1. The number of nitrogens with zero attached hydrogens (tertiary/aromatic N) is 1. The minimum absolute atomic E-state index is 0.0907. The van der Waals surface area contributed by atoms with Gasteiger partial charge in [-0.1, -0.05) is 0 Å². The summed E-state index contributed by atoms with van der Waals surface area (Å²) in [7, 11) is 0. The minimum atomic E-state index is -4.48. The van der Waals surface area contributed by atoms with E-state index in [1.54, 1.807) is 0 Å². The second-order valence-electron chi connectivity index (χ2n) is 2.19. The minimum Gasteiger partial charge on any atom is -0.298 e. The number of halogens is 4. The zero-order valence-electron chi connectivity index (χ0n) is 6.10. The number of hydrogen-bond donors (Lipinski definition) is 0. The Hall–Kier alpha value is -0.910. The lowest BCUT2D eigenvalue weighted by Gasteiger charge is -2.05. The van der Waals surface area contributed by atoms with Crippen molar-refractivity contribution in [1.29, 1.82) is 0 Å². The predicted octanol–water partition coefficient (Wildman–Crippen LogP) is 2.68. The van der Waals surface area contributed by atoms with Gasteiger partial charge in [0.05, 0.1) is 0 Å². The molecule has 0 aliphatic heterocycles. The molecule has 0 atom stereocenters. The van der Waals surface area contributed by atoms with Crippen molar-refractivity contribution in [2.45, 2.75) is 6.18 Å². The van der Waals surface area contributed by atoms with E-state index in [4.69, 9.17) is 0 Å². The average molecular weight is 254 g/mol. The van der Waals surface area contributed by atoms with Crippen LogP contribution in [0.1, 0.15) is 16.1 Å². The molecule has 0 aliphatic carbocycles. The van der Waals surface area contributed by atoms with Gasteiger partial charge < -0.3 is 0 Å². The van der Waals surface area contributed by atoms with Gasteiger partial charge in [-0.2, -0.15) is 13.2 Å². The predicted molar refractivity (Wildman–Crippen MR) is 42.3 cm³/mol. The van der Waals surface area contributed by atoms with Crippen LogP contribution in [0.5, 0.6) is 0 Å². The number of pyridine rings is 1. The quantitative estimate of drug-likeness (QED) is 0.569. The molecule has 1 heterocycles. The highest BCUT2D eigenvalue weighted by molar-refractivity contribution is 9.10. The van der Waals surface area contributed by atoms with Crippen molar-refractivity contribution in [3.63, 3.8) is 0 Å². The fourth-order valence-electron chi connectivity index (χ4n) is 0.691. The Bertz CT molecular complexity index is 337. The largest absolute Gasteiger partial charge is 0.433 e. The van der Waals surface area contributed by atoms with Gasteiger partial charge in [0.25, 0.3) is 0 Å². The van der Waals surface area contributed by atoms with Crippen LogP contribution in [0.4, 0.5) is 13.2 Å². The van der Waals surface area contributed by atoms with Crippen molar-refractivity contribution in [1.82, 2.24) is 4.98 Å². The lowest BCUT2D eigenvalue weighted by Crippen LogP contribution is -2.08. The monoisotopic (exact) mass is 253 g/mol. The van der Waals surface area contributed by atoms with Gasteiger partial charge in [-0.05, 0) is 28.1 Å². The zero-order valence-corrected chi connectivity index (χ0v) is 7.69. The molecule has 1 rings (SSSR count). The van der Waals surface area contributed by atoms with Crippen LogP contribution in [0.3, 0.4) is 0 Å². The van der Waals surface area contributed by atoms with Gasteiger partial charge in [-0.15, -0.1) is 0 Å². The third-order valence-electron chi connectivity index (χ3n) is 1.29. The van der Waals surface area contributed by atoms with Gasteiger partial charge >= 0.3 is 6.18 Å². The molecule has 0 bridgehead atoms.